The van der Waals surface area contributed by atoms with Crippen LogP contribution in [-0.4, -0.2) is 0 Å². The molecule has 0 radical (unpaired) electrons. The van der Waals surface area contributed by atoms with Gasteiger partial charge in [-0.25, -0.2) is 0 Å². The molecule has 0 N–H and O–H groups in total. The highest BCUT2D eigenvalue weighted by molar-refractivity contribution is 6.05. The first-order chi connectivity index (χ1) is 20.8. The lowest BCUT2D eigenvalue weighted by molar-refractivity contribution is 0.487. The van der Waals surface area contributed by atoms with Gasteiger partial charge in [0.15, 0.2) is 0 Å². The standard InChI is InChI=1S/C41H24O/c1-4-17-33-28(12-1)29-13-2-5-18-34(29)41(33)35-19-6-3-14-32(35)40-27(15-9-20-36(40)41)26-22-23-30-31-16-7-10-25-11-8-21-37(39(25)31)42-38(30)24-26/h1-24H. The average Bonchev–Trinajstić information content (AvgIpc) is 3.52. The van der Waals surface area contributed by atoms with E-state index in [2.05, 4.69) is 146 Å². The summed E-state index contributed by atoms with van der Waals surface area (Å²) in [5.74, 6) is 1.84. The van der Waals surface area contributed by atoms with Gasteiger partial charge in [-0.3, -0.25) is 0 Å². The van der Waals surface area contributed by atoms with Gasteiger partial charge in [-0.2, -0.15) is 0 Å². The van der Waals surface area contributed by atoms with Crippen LogP contribution in [0.5, 0.6) is 11.5 Å². The first-order valence-electron chi connectivity index (χ1n) is 14.6. The zero-order valence-electron chi connectivity index (χ0n) is 22.8. The Morgan fingerprint density at radius 1 is 0.381 bits per heavy atom. The molecule has 1 aliphatic heterocycles. The highest BCUT2D eigenvalue weighted by atomic mass is 16.5. The minimum atomic E-state index is -0.339. The average molecular weight is 533 g/mol. The number of hydrogen-bond acceptors (Lipinski definition) is 1. The van der Waals surface area contributed by atoms with Crippen molar-refractivity contribution in [2.24, 2.45) is 0 Å². The fourth-order valence-corrected chi connectivity index (χ4v) is 8.12. The first kappa shape index (κ1) is 22.3. The van der Waals surface area contributed by atoms with E-state index in [1.807, 2.05) is 0 Å². The van der Waals surface area contributed by atoms with E-state index in [-0.39, 0.29) is 5.41 Å². The molecular weight excluding hydrogens is 508 g/mol. The third-order valence-electron chi connectivity index (χ3n) is 9.69. The quantitative estimate of drug-likeness (QED) is 0.204. The van der Waals surface area contributed by atoms with E-state index in [1.165, 1.54) is 72.0 Å². The minimum absolute atomic E-state index is 0.339. The summed E-state index contributed by atoms with van der Waals surface area (Å²) < 4.78 is 6.59. The molecule has 1 nitrogen and oxygen atoms in total. The normalized spacial score (nSPS) is 14.1. The van der Waals surface area contributed by atoms with Crippen molar-refractivity contribution < 1.29 is 4.74 Å². The monoisotopic (exact) mass is 532 g/mol. The van der Waals surface area contributed by atoms with Gasteiger partial charge in [0.1, 0.15) is 11.5 Å². The van der Waals surface area contributed by atoms with Crippen molar-refractivity contribution in [2.45, 2.75) is 5.41 Å². The predicted molar refractivity (Wildman–Crippen MR) is 171 cm³/mol. The minimum Gasteiger partial charge on any atom is -0.456 e. The van der Waals surface area contributed by atoms with Crippen molar-refractivity contribution >= 4 is 10.8 Å². The molecule has 0 atom stereocenters. The molecule has 194 valence electrons. The van der Waals surface area contributed by atoms with Crippen LogP contribution < -0.4 is 4.74 Å². The van der Waals surface area contributed by atoms with Gasteiger partial charge in [-0.05, 0) is 84.8 Å². The van der Waals surface area contributed by atoms with Crippen molar-refractivity contribution in [2.75, 3.05) is 0 Å². The molecule has 0 aromatic heterocycles. The fourth-order valence-electron chi connectivity index (χ4n) is 8.12. The van der Waals surface area contributed by atoms with Crippen LogP contribution in [0.1, 0.15) is 22.3 Å². The second-order valence-corrected chi connectivity index (χ2v) is 11.6. The summed E-state index contributed by atoms with van der Waals surface area (Å²) in [6, 6.07) is 53.4. The van der Waals surface area contributed by atoms with Crippen molar-refractivity contribution in [3.8, 4) is 56.0 Å². The van der Waals surface area contributed by atoms with Gasteiger partial charge in [-0.15, -0.1) is 0 Å². The smallest absolute Gasteiger partial charge is 0.135 e. The summed E-state index contributed by atoms with van der Waals surface area (Å²) in [4.78, 5) is 0. The Bertz CT molecular complexity index is 2240. The maximum atomic E-state index is 6.59. The van der Waals surface area contributed by atoms with Gasteiger partial charge in [0.25, 0.3) is 0 Å². The number of rotatable bonds is 1. The van der Waals surface area contributed by atoms with E-state index < -0.39 is 0 Å². The fraction of sp³-hybridized carbons (Fsp3) is 0.0244. The molecule has 0 saturated heterocycles. The van der Waals surface area contributed by atoms with E-state index >= 15 is 0 Å². The van der Waals surface area contributed by atoms with Crippen LogP contribution in [0.25, 0.3) is 55.3 Å². The van der Waals surface area contributed by atoms with E-state index in [9.17, 15) is 0 Å². The molecule has 2 aliphatic carbocycles. The van der Waals surface area contributed by atoms with Crippen LogP contribution in [0.15, 0.2) is 146 Å². The van der Waals surface area contributed by atoms with Gasteiger partial charge in [0.05, 0.1) is 5.41 Å². The number of fused-ring (bicyclic) bond motifs is 12. The SMILES string of the molecule is c1ccc2c(c1)-c1ccccc1C21c2ccccc2-c2c(-c3ccc4c(c3)Oc3cccc5cccc-4c35)cccc21. The summed E-state index contributed by atoms with van der Waals surface area (Å²) in [7, 11) is 0. The number of benzene rings is 7. The summed E-state index contributed by atoms with van der Waals surface area (Å²) in [6.07, 6.45) is 0. The van der Waals surface area contributed by atoms with Gasteiger partial charge in [0, 0.05) is 10.9 Å². The highest BCUT2D eigenvalue weighted by Crippen LogP contribution is 2.64. The molecule has 1 heteroatoms. The Kier molecular flexibility index (Phi) is 4.18. The molecule has 0 fully saturated rings. The second kappa shape index (κ2) is 7.87. The summed E-state index contributed by atoms with van der Waals surface area (Å²) in [5, 5.41) is 2.40. The van der Waals surface area contributed by atoms with Crippen LogP contribution in [0.2, 0.25) is 0 Å². The van der Waals surface area contributed by atoms with Crippen LogP contribution in [0.3, 0.4) is 0 Å². The van der Waals surface area contributed by atoms with E-state index in [1.54, 1.807) is 0 Å². The van der Waals surface area contributed by atoms with Gasteiger partial charge >= 0.3 is 0 Å². The predicted octanol–water partition coefficient (Wildman–Crippen LogP) is 10.6. The molecule has 10 rings (SSSR count). The summed E-state index contributed by atoms with van der Waals surface area (Å²) in [6.45, 7) is 0. The van der Waals surface area contributed by atoms with Crippen LogP contribution in [-0.2, 0) is 5.41 Å². The topological polar surface area (TPSA) is 9.23 Å². The molecule has 0 amide bonds. The molecule has 0 saturated carbocycles. The van der Waals surface area contributed by atoms with E-state index in [0.29, 0.717) is 0 Å². The van der Waals surface area contributed by atoms with Crippen LogP contribution >= 0.6 is 0 Å². The Labute approximate surface area is 244 Å². The lowest BCUT2D eigenvalue weighted by Crippen LogP contribution is -2.25. The molecule has 0 bridgehead atoms. The van der Waals surface area contributed by atoms with Crippen molar-refractivity contribution in [3.63, 3.8) is 0 Å². The summed E-state index contributed by atoms with van der Waals surface area (Å²) in [5.41, 5.74) is 15.2. The maximum absolute atomic E-state index is 6.59. The molecule has 7 aromatic rings. The van der Waals surface area contributed by atoms with E-state index in [0.717, 1.165) is 17.1 Å². The zero-order chi connectivity index (χ0) is 27.4. The summed E-state index contributed by atoms with van der Waals surface area (Å²) >= 11 is 0. The third-order valence-corrected chi connectivity index (χ3v) is 9.69. The Balaban J connectivity index is 1.25. The third kappa shape index (κ3) is 2.60. The van der Waals surface area contributed by atoms with Crippen LogP contribution in [0, 0.1) is 0 Å². The molecular formula is C41H24O. The number of hydrogen-bond donors (Lipinski definition) is 0. The van der Waals surface area contributed by atoms with Gasteiger partial charge in [0.2, 0.25) is 0 Å². The van der Waals surface area contributed by atoms with E-state index in [4.69, 9.17) is 4.74 Å². The Morgan fingerprint density at radius 2 is 0.952 bits per heavy atom. The van der Waals surface area contributed by atoms with Crippen molar-refractivity contribution in [3.05, 3.63) is 168 Å². The number of ether oxygens (including phenoxy) is 1. The molecule has 1 heterocycles. The maximum Gasteiger partial charge on any atom is 0.135 e. The Hall–Kier alpha value is -5.40. The Morgan fingerprint density at radius 3 is 1.71 bits per heavy atom. The first-order valence-corrected chi connectivity index (χ1v) is 14.6. The molecule has 3 aliphatic rings. The second-order valence-electron chi connectivity index (χ2n) is 11.6. The molecule has 1 spiro atoms. The van der Waals surface area contributed by atoms with Gasteiger partial charge < -0.3 is 4.74 Å². The zero-order valence-corrected chi connectivity index (χ0v) is 22.8. The molecule has 0 unspecified atom stereocenters. The molecule has 7 aromatic carbocycles. The highest BCUT2D eigenvalue weighted by Gasteiger charge is 2.51. The molecule has 42 heavy (non-hydrogen) atoms. The van der Waals surface area contributed by atoms with Gasteiger partial charge in [-0.1, -0.05) is 127 Å². The van der Waals surface area contributed by atoms with Crippen molar-refractivity contribution in [1.29, 1.82) is 0 Å². The lowest BCUT2D eigenvalue weighted by Gasteiger charge is -2.30. The largest absolute Gasteiger partial charge is 0.456 e. The van der Waals surface area contributed by atoms with Crippen molar-refractivity contribution in [1.82, 2.24) is 0 Å². The lowest BCUT2D eigenvalue weighted by atomic mass is 9.70. The van der Waals surface area contributed by atoms with Crippen LogP contribution in [0.4, 0.5) is 0 Å².